The number of nitrogens with two attached hydrogens (primary N) is 2. The van der Waals surface area contributed by atoms with E-state index in [1.54, 1.807) is 59.9 Å². The fourth-order valence-electron chi connectivity index (χ4n) is 5.08. The minimum atomic E-state index is -0.815. The molecule has 2 amide bonds. The van der Waals surface area contributed by atoms with E-state index in [0.717, 1.165) is 16.7 Å². The maximum atomic E-state index is 14.9. The van der Waals surface area contributed by atoms with E-state index in [1.165, 1.54) is 28.3 Å². The zero-order valence-electron chi connectivity index (χ0n) is 24.6. The van der Waals surface area contributed by atoms with E-state index in [9.17, 15) is 23.2 Å². The first-order chi connectivity index (χ1) is 22.2. The molecule has 0 aliphatic carbocycles. The lowest BCUT2D eigenvalue weighted by atomic mass is 10.1. The summed E-state index contributed by atoms with van der Waals surface area (Å²) in [6.45, 7) is 0.953. The van der Waals surface area contributed by atoms with Crippen molar-refractivity contribution in [2.75, 3.05) is 25.5 Å². The van der Waals surface area contributed by atoms with E-state index in [0.29, 0.717) is 40.5 Å². The van der Waals surface area contributed by atoms with Gasteiger partial charge in [-0.05, 0) is 59.8 Å². The molecule has 0 saturated heterocycles. The number of carbonyl (C=O) groups is 1. The van der Waals surface area contributed by atoms with Crippen molar-refractivity contribution in [3.63, 3.8) is 0 Å². The molecular weight excluding hydrogens is 616 g/mol. The van der Waals surface area contributed by atoms with E-state index >= 15 is 0 Å². The van der Waals surface area contributed by atoms with Gasteiger partial charge in [0.25, 0.3) is 5.56 Å². The summed E-state index contributed by atoms with van der Waals surface area (Å²) < 4.78 is 32.1. The molecule has 0 radical (unpaired) electrons. The molecule has 6 N–H and O–H groups in total. The zero-order valence-corrected chi connectivity index (χ0v) is 25.4. The molecule has 5 rings (SSSR count). The third-order valence-electron chi connectivity index (χ3n) is 7.22. The van der Waals surface area contributed by atoms with E-state index in [1.807, 2.05) is 11.9 Å². The highest BCUT2D eigenvalue weighted by Crippen LogP contribution is 2.38. The lowest BCUT2D eigenvalue weighted by Crippen LogP contribution is -2.84. The number of rotatable bonds is 12. The van der Waals surface area contributed by atoms with Gasteiger partial charge in [0.1, 0.15) is 16.5 Å². The van der Waals surface area contributed by atoms with Gasteiger partial charge in [0.05, 0.1) is 24.2 Å². The topological polar surface area (TPSA) is 168 Å². The van der Waals surface area contributed by atoms with Crippen LogP contribution in [0.25, 0.3) is 26.3 Å². The average molecular weight is 647 g/mol. The maximum absolute atomic E-state index is 14.9. The Morgan fingerprint density at radius 2 is 1.74 bits per heavy atom. The van der Waals surface area contributed by atoms with Crippen LogP contribution in [0.3, 0.4) is 0 Å². The quantitative estimate of drug-likeness (QED) is 0.0534. The molecule has 0 aliphatic heterocycles. The molecule has 46 heavy (non-hydrogen) atoms. The number of para-hydroxylation sites is 1. The number of thiophene rings is 1. The molecule has 0 spiro atoms. The number of aromatic nitrogens is 2. The van der Waals surface area contributed by atoms with E-state index in [2.05, 4.69) is 15.6 Å². The largest absolute Gasteiger partial charge is 0.351 e. The zero-order chi connectivity index (χ0) is 32.8. The van der Waals surface area contributed by atoms with Crippen LogP contribution in [0.5, 0.6) is 0 Å². The fourth-order valence-corrected chi connectivity index (χ4v) is 6.39. The molecule has 236 valence electrons. The van der Waals surface area contributed by atoms with Gasteiger partial charge in [0.15, 0.2) is 0 Å². The summed E-state index contributed by atoms with van der Waals surface area (Å²) in [5.74, 6) is -1.63. The minimum absolute atomic E-state index is 0.241. The van der Waals surface area contributed by atoms with Crippen molar-refractivity contribution in [2.24, 2.45) is 16.1 Å². The van der Waals surface area contributed by atoms with Crippen molar-refractivity contribution in [3.8, 4) is 16.1 Å². The summed E-state index contributed by atoms with van der Waals surface area (Å²) in [4.78, 5) is 42.7. The Morgan fingerprint density at radius 3 is 2.39 bits per heavy atom. The van der Waals surface area contributed by atoms with Crippen LogP contribution in [0.15, 0.2) is 92.7 Å². The molecule has 0 bridgehead atoms. The lowest BCUT2D eigenvalue weighted by molar-refractivity contribution is -0.530. The molecule has 5 aromatic rings. The number of hydrogen-bond acceptors (Lipinski definition) is 7. The Bertz CT molecular complexity index is 2020. The van der Waals surface area contributed by atoms with Crippen LogP contribution < -0.4 is 27.6 Å². The first-order valence-electron chi connectivity index (χ1n) is 14.1. The first kappa shape index (κ1) is 32.0. The SMILES string of the molecule is CN(CC[NH2+]/C=N\N=N)Cc1c(-c2ccc(NC(N)=O)cc2)sc2c1c(=O)n(-c1ccccc1)c(=O)n2Cc1c(F)cccc1F. The van der Waals surface area contributed by atoms with Crippen LogP contribution >= 0.6 is 11.3 Å². The van der Waals surface area contributed by atoms with Crippen molar-refractivity contribution in [1.82, 2.24) is 14.0 Å². The van der Waals surface area contributed by atoms with E-state index in [-0.39, 0.29) is 22.3 Å². The maximum Gasteiger partial charge on any atom is 0.337 e. The smallest absolute Gasteiger partial charge is 0.337 e. The summed E-state index contributed by atoms with van der Waals surface area (Å²) in [6, 6.07) is 18.0. The number of nitrogens with zero attached hydrogens (tertiary/aromatic N) is 5. The number of primary amides is 1. The van der Waals surface area contributed by atoms with E-state index in [4.69, 9.17) is 11.3 Å². The van der Waals surface area contributed by atoms with Crippen molar-refractivity contribution in [3.05, 3.63) is 116 Å². The Kier molecular flexibility index (Phi) is 9.85. The molecule has 3 aromatic carbocycles. The Morgan fingerprint density at radius 1 is 1.04 bits per heavy atom. The number of halogens is 2. The summed E-state index contributed by atoms with van der Waals surface area (Å²) in [6.07, 6.45) is 1.42. The highest BCUT2D eigenvalue weighted by molar-refractivity contribution is 7.22. The number of likely N-dealkylation sites (N-methyl/N-ethyl adjacent to an activating group) is 1. The van der Waals surface area contributed by atoms with Crippen LogP contribution in [0, 0.1) is 17.2 Å². The minimum Gasteiger partial charge on any atom is -0.351 e. The molecule has 15 heteroatoms. The fraction of sp³-hybridized carbons (Fsp3) is 0.161. The number of amides is 2. The number of benzene rings is 3. The number of quaternary nitrogens is 1. The molecule has 0 saturated carbocycles. The number of nitrogens with one attached hydrogen (secondary N) is 2. The number of carbonyl (C=O) groups excluding carboxylic acids is 1. The highest BCUT2D eigenvalue weighted by Gasteiger charge is 2.25. The van der Waals surface area contributed by atoms with Crippen LogP contribution in [-0.4, -0.2) is 46.5 Å². The summed E-state index contributed by atoms with van der Waals surface area (Å²) in [7, 11) is 1.87. The van der Waals surface area contributed by atoms with Gasteiger partial charge in [-0.2, -0.15) is 5.53 Å². The normalized spacial score (nSPS) is 11.5. The summed E-state index contributed by atoms with van der Waals surface area (Å²) in [5, 5.41) is 11.0. The van der Waals surface area contributed by atoms with Gasteiger partial charge in [-0.1, -0.05) is 41.5 Å². The molecule has 0 unspecified atom stereocenters. The monoisotopic (exact) mass is 646 g/mol. The van der Waals surface area contributed by atoms with Crippen molar-refractivity contribution >= 4 is 39.6 Å². The van der Waals surface area contributed by atoms with Crippen molar-refractivity contribution in [2.45, 2.75) is 13.1 Å². The van der Waals surface area contributed by atoms with Crippen LogP contribution in [0.2, 0.25) is 0 Å². The number of anilines is 1. The lowest BCUT2D eigenvalue weighted by Gasteiger charge is -2.17. The van der Waals surface area contributed by atoms with Gasteiger partial charge in [0, 0.05) is 29.2 Å². The first-order valence-corrected chi connectivity index (χ1v) is 14.9. The van der Waals surface area contributed by atoms with Gasteiger partial charge in [-0.25, -0.2) is 22.9 Å². The average Bonchev–Trinajstić information content (AvgIpc) is 3.40. The predicted octanol–water partition coefficient (Wildman–Crippen LogP) is 3.67. The third kappa shape index (κ3) is 6.81. The number of hydrogen-bond donors (Lipinski definition) is 4. The molecular formula is C31H30F2N9O3S+. The van der Waals surface area contributed by atoms with E-state index < -0.39 is 35.5 Å². The molecule has 0 fully saturated rings. The third-order valence-corrected chi connectivity index (χ3v) is 8.52. The highest BCUT2D eigenvalue weighted by atomic mass is 32.1. The van der Waals surface area contributed by atoms with Gasteiger partial charge in [0.2, 0.25) is 6.34 Å². The number of fused-ring (bicyclic) bond motifs is 1. The number of urea groups is 1. The van der Waals surface area contributed by atoms with Crippen LogP contribution in [0.1, 0.15) is 11.1 Å². The summed E-state index contributed by atoms with van der Waals surface area (Å²) in [5.41, 5.74) is 12.5. The van der Waals surface area contributed by atoms with Crippen molar-refractivity contribution < 1.29 is 18.9 Å². The van der Waals surface area contributed by atoms with Crippen LogP contribution in [0.4, 0.5) is 19.3 Å². The van der Waals surface area contributed by atoms with Crippen molar-refractivity contribution in [1.29, 1.82) is 5.53 Å². The molecule has 2 heterocycles. The van der Waals surface area contributed by atoms with Gasteiger partial charge in [-0.3, -0.25) is 14.3 Å². The Balaban J connectivity index is 1.76. The van der Waals surface area contributed by atoms with Gasteiger partial charge < -0.3 is 16.4 Å². The van der Waals surface area contributed by atoms with Gasteiger partial charge >= 0.3 is 11.7 Å². The Labute approximate surface area is 264 Å². The molecule has 0 aliphatic rings. The second-order valence-corrected chi connectivity index (χ2v) is 11.3. The standard InChI is InChI=1S/C31H29F2N9O3S/c1-40(15-14-36-18-37-39-35)16-23-26-28(43)42(21-6-3-2-4-7-21)31(45)41(17-22-24(32)8-5-9-25(22)33)29(26)46-27(23)19-10-12-20(13-11-19)38-30(34)44/h2-13,18H,14-17H2,1H3,(H3,34,38,44)(H2,35,36,37)/p+1. The molecule has 2 aromatic heterocycles. The molecule has 0 atom stereocenters. The second kappa shape index (κ2) is 14.2. The van der Waals surface area contributed by atoms with Crippen LogP contribution in [-0.2, 0) is 13.1 Å². The molecule has 12 nitrogen and oxygen atoms in total. The predicted molar refractivity (Wildman–Crippen MR) is 173 cm³/mol. The van der Waals surface area contributed by atoms with Gasteiger partial charge in [-0.15, -0.1) is 11.3 Å². The second-order valence-electron chi connectivity index (χ2n) is 10.3. The summed E-state index contributed by atoms with van der Waals surface area (Å²) >= 11 is 1.17. The Hall–Kier alpha value is -5.38.